The highest BCUT2D eigenvalue weighted by atomic mass is 16.1. The zero-order chi connectivity index (χ0) is 20.9. The Morgan fingerprint density at radius 2 is 1.96 bits per heavy atom. The maximum atomic E-state index is 12.2. The van der Waals surface area contributed by atoms with E-state index in [0.29, 0.717) is 22.8 Å². The highest BCUT2D eigenvalue weighted by Crippen LogP contribution is 2.36. The maximum absolute atomic E-state index is 12.2. The quantitative estimate of drug-likeness (QED) is 0.364. The van der Waals surface area contributed by atoms with E-state index >= 15 is 0 Å². The molecule has 2 heteroatoms. The average Bonchev–Trinajstić information content (AvgIpc) is 2.65. The van der Waals surface area contributed by atoms with Crippen molar-refractivity contribution in [2.45, 2.75) is 59.9 Å². The number of likely N-dealkylation sites (N-methyl/N-ethyl adjacent to an activating group) is 1. The minimum atomic E-state index is -0.0272. The van der Waals surface area contributed by atoms with Gasteiger partial charge in [0.25, 0.3) is 0 Å². The smallest absolute Gasteiger partial charge is 0.187 e. The van der Waals surface area contributed by atoms with Crippen molar-refractivity contribution < 1.29 is 4.79 Å². The molecule has 1 aromatic carbocycles. The van der Waals surface area contributed by atoms with Crippen molar-refractivity contribution >= 4 is 11.5 Å². The summed E-state index contributed by atoms with van der Waals surface area (Å²) in [6.07, 6.45) is 11.8. The van der Waals surface area contributed by atoms with Crippen LogP contribution in [0.2, 0.25) is 0 Å². The number of nitrogens with zero attached hydrogens (tertiary/aromatic N) is 1. The van der Waals surface area contributed by atoms with E-state index in [-0.39, 0.29) is 11.8 Å². The average molecular weight is 380 g/mol. The van der Waals surface area contributed by atoms with Crippen molar-refractivity contribution in [1.29, 1.82) is 0 Å². The molecule has 2 atom stereocenters. The zero-order valence-corrected chi connectivity index (χ0v) is 18.5. The van der Waals surface area contributed by atoms with Gasteiger partial charge in [0.15, 0.2) is 5.78 Å². The van der Waals surface area contributed by atoms with Crippen molar-refractivity contribution in [2.75, 3.05) is 11.9 Å². The summed E-state index contributed by atoms with van der Waals surface area (Å²) in [5.41, 5.74) is 3.48. The minimum absolute atomic E-state index is 0.0272. The van der Waals surface area contributed by atoms with Gasteiger partial charge in [-0.15, -0.1) is 0 Å². The van der Waals surface area contributed by atoms with Crippen LogP contribution >= 0.6 is 0 Å². The number of para-hydroxylation sites is 1. The van der Waals surface area contributed by atoms with Crippen molar-refractivity contribution in [3.63, 3.8) is 0 Å². The molecule has 2 rings (SSSR count). The zero-order valence-electron chi connectivity index (χ0n) is 18.5. The Labute approximate surface area is 172 Å². The molecule has 0 aromatic heterocycles. The summed E-state index contributed by atoms with van der Waals surface area (Å²) in [6, 6.07) is 8.06. The van der Waals surface area contributed by atoms with Gasteiger partial charge >= 0.3 is 0 Å². The van der Waals surface area contributed by atoms with E-state index in [1.807, 2.05) is 24.3 Å². The van der Waals surface area contributed by atoms with E-state index in [1.165, 1.54) is 24.5 Å². The third kappa shape index (κ3) is 5.95. The number of ketones is 1. The van der Waals surface area contributed by atoms with Crippen LogP contribution in [0.3, 0.4) is 0 Å². The normalized spacial score (nSPS) is 18.0. The van der Waals surface area contributed by atoms with Crippen LogP contribution in [0.25, 0.3) is 0 Å². The fourth-order valence-corrected chi connectivity index (χ4v) is 4.14. The van der Waals surface area contributed by atoms with Gasteiger partial charge in [-0.1, -0.05) is 71.6 Å². The van der Waals surface area contributed by atoms with Crippen LogP contribution in [-0.4, -0.2) is 18.9 Å². The number of anilines is 1. The molecule has 28 heavy (non-hydrogen) atoms. The van der Waals surface area contributed by atoms with Gasteiger partial charge < -0.3 is 4.90 Å². The Balaban J connectivity index is 2.17. The van der Waals surface area contributed by atoms with Crippen LogP contribution in [0.4, 0.5) is 5.69 Å². The van der Waals surface area contributed by atoms with Gasteiger partial charge in [0.2, 0.25) is 0 Å². The Bertz CT molecular complexity index is 748. The van der Waals surface area contributed by atoms with Gasteiger partial charge in [0.05, 0.1) is 6.04 Å². The molecule has 0 N–H and O–H groups in total. The first-order valence-corrected chi connectivity index (χ1v) is 10.5. The Hall–Kier alpha value is -2.09. The van der Waals surface area contributed by atoms with Gasteiger partial charge in [0, 0.05) is 18.3 Å². The lowest BCUT2D eigenvalue weighted by Crippen LogP contribution is -2.32. The fourth-order valence-electron chi connectivity index (χ4n) is 4.14. The number of allylic oxidation sites excluding steroid dienone is 3. The van der Waals surface area contributed by atoms with Crippen molar-refractivity contribution in [3.05, 3.63) is 66.3 Å². The van der Waals surface area contributed by atoms with Crippen LogP contribution in [-0.2, 0) is 0 Å². The van der Waals surface area contributed by atoms with Crippen LogP contribution in [0.15, 0.2) is 60.7 Å². The second-order valence-electron chi connectivity index (χ2n) is 9.65. The Morgan fingerprint density at radius 1 is 1.29 bits per heavy atom. The number of hydrogen-bond acceptors (Lipinski definition) is 2. The molecular weight excluding hydrogens is 342 g/mol. The Morgan fingerprint density at radius 3 is 2.50 bits per heavy atom. The van der Waals surface area contributed by atoms with Gasteiger partial charge in [-0.3, -0.25) is 4.79 Å². The summed E-state index contributed by atoms with van der Waals surface area (Å²) in [4.78, 5) is 14.4. The molecule has 1 aliphatic rings. The lowest BCUT2D eigenvalue weighted by atomic mass is 9.76. The number of hydrogen-bond donors (Lipinski definition) is 0. The van der Waals surface area contributed by atoms with E-state index in [2.05, 4.69) is 71.4 Å². The monoisotopic (exact) mass is 379 g/mol. The third-order valence-corrected chi connectivity index (χ3v) is 5.42. The lowest BCUT2D eigenvalue weighted by Gasteiger charge is -2.33. The number of rotatable bonds is 8. The van der Waals surface area contributed by atoms with E-state index in [4.69, 9.17) is 0 Å². The van der Waals surface area contributed by atoms with Crippen molar-refractivity contribution in [2.24, 2.45) is 17.3 Å². The van der Waals surface area contributed by atoms with Crippen molar-refractivity contribution in [3.8, 4) is 0 Å². The molecule has 152 valence electrons. The molecular formula is C26H37NO. The molecule has 0 bridgehead atoms. The number of benzene rings is 1. The predicted octanol–water partition coefficient (Wildman–Crippen LogP) is 6.84. The number of carbonyl (C=O) groups excluding carboxylic acids is 1. The van der Waals surface area contributed by atoms with E-state index in [9.17, 15) is 4.79 Å². The first-order chi connectivity index (χ1) is 13.1. The fraction of sp³-hybridized carbons (Fsp3) is 0.500. The van der Waals surface area contributed by atoms with Gasteiger partial charge in [-0.2, -0.15) is 0 Å². The number of carbonyl (C=O) groups is 1. The molecule has 0 fully saturated rings. The molecule has 2 unspecified atom stereocenters. The second-order valence-corrected chi connectivity index (χ2v) is 9.65. The van der Waals surface area contributed by atoms with Gasteiger partial charge in [-0.05, 0) is 60.3 Å². The molecule has 1 aliphatic carbocycles. The molecule has 0 saturated carbocycles. The molecule has 0 aliphatic heterocycles. The van der Waals surface area contributed by atoms with E-state index in [1.54, 1.807) is 0 Å². The minimum Gasteiger partial charge on any atom is -0.367 e. The van der Waals surface area contributed by atoms with Crippen molar-refractivity contribution in [1.82, 2.24) is 0 Å². The summed E-state index contributed by atoms with van der Waals surface area (Å²) in [5, 5.41) is 0. The largest absolute Gasteiger partial charge is 0.367 e. The third-order valence-electron chi connectivity index (χ3n) is 5.42. The first kappa shape index (κ1) is 22.2. The topological polar surface area (TPSA) is 20.3 Å². The SMILES string of the molecule is C=CC(=O)c1ccccc1N(C)C1C=CC(C(CC(C)C)CC(C)(C)C)=CC1. The first-order valence-electron chi connectivity index (χ1n) is 10.5. The van der Waals surface area contributed by atoms with Crippen LogP contribution < -0.4 is 4.90 Å². The van der Waals surface area contributed by atoms with Crippen LogP contribution in [0.1, 0.15) is 64.2 Å². The van der Waals surface area contributed by atoms with E-state index < -0.39 is 0 Å². The highest BCUT2D eigenvalue weighted by molar-refractivity contribution is 6.08. The predicted molar refractivity (Wildman–Crippen MR) is 122 cm³/mol. The van der Waals surface area contributed by atoms with Crippen LogP contribution in [0.5, 0.6) is 0 Å². The van der Waals surface area contributed by atoms with E-state index in [0.717, 1.165) is 12.1 Å². The molecule has 1 aromatic rings. The molecule has 0 spiro atoms. The Kier molecular flexibility index (Phi) is 7.46. The summed E-state index contributed by atoms with van der Waals surface area (Å²) in [7, 11) is 2.07. The van der Waals surface area contributed by atoms with Gasteiger partial charge in [-0.25, -0.2) is 0 Å². The summed E-state index contributed by atoms with van der Waals surface area (Å²) >= 11 is 0. The van der Waals surface area contributed by atoms with Gasteiger partial charge in [0.1, 0.15) is 0 Å². The molecule has 0 saturated heterocycles. The lowest BCUT2D eigenvalue weighted by molar-refractivity contribution is 0.104. The second kappa shape index (κ2) is 9.41. The maximum Gasteiger partial charge on any atom is 0.187 e. The standard InChI is InChI=1S/C26H37NO/c1-8-25(28)23-11-9-10-12-24(23)27(7)22-15-13-20(14-16-22)21(17-19(2)3)18-26(4,5)6/h8-15,19,21-22H,1,16-18H2,2-7H3. The molecule has 0 radical (unpaired) electrons. The highest BCUT2D eigenvalue weighted by Gasteiger charge is 2.25. The molecule has 2 nitrogen and oxygen atoms in total. The molecule has 0 heterocycles. The molecule has 0 amide bonds. The summed E-state index contributed by atoms with van der Waals surface area (Å²) in [6.45, 7) is 15.3. The van der Waals surface area contributed by atoms with Crippen LogP contribution in [0, 0.1) is 17.3 Å². The summed E-state index contributed by atoms with van der Waals surface area (Å²) in [5.74, 6) is 1.27. The summed E-state index contributed by atoms with van der Waals surface area (Å²) < 4.78 is 0.